The Hall–Kier alpha value is -0.650. The number of sulfonamides is 1. The predicted octanol–water partition coefficient (Wildman–Crippen LogP) is 2.07. The molecule has 0 aromatic carbocycles. The summed E-state index contributed by atoms with van der Waals surface area (Å²) in [6.07, 6.45) is 1.44. The van der Waals surface area contributed by atoms with E-state index in [-0.39, 0.29) is 4.90 Å². The molecule has 0 saturated carbocycles. The summed E-state index contributed by atoms with van der Waals surface area (Å²) < 4.78 is 25.8. The summed E-state index contributed by atoms with van der Waals surface area (Å²) in [4.78, 5) is 4.14. The number of pyridine rings is 1. The standard InChI is InChI=1S/C10H15ClN2O2S/c1-4-13(5-2)16(14,15)10-6-9(11)7-12-8(10)3/h6-7H,4-5H2,1-3H3. The Bertz CT molecular complexity index is 470. The fraction of sp³-hybridized carbons (Fsp3) is 0.500. The van der Waals surface area contributed by atoms with Crippen LogP contribution in [0.1, 0.15) is 19.5 Å². The second-order valence-corrected chi connectivity index (χ2v) is 5.67. The lowest BCUT2D eigenvalue weighted by molar-refractivity contribution is 0.444. The van der Waals surface area contributed by atoms with Gasteiger partial charge in [0.1, 0.15) is 4.90 Å². The van der Waals surface area contributed by atoms with Gasteiger partial charge >= 0.3 is 0 Å². The number of halogens is 1. The molecular formula is C10H15ClN2O2S. The number of nitrogens with zero attached hydrogens (tertiary/aromatic N) is 2. The Kier molecular flexibility index (Phi) is 4.29. The van der Waals surface area contributed by atoms with Crippen molar-refractivity contribution in [1.29, 1.82) is 0 Å². The summed E-state index contributed by atoms with van der Waals surface area (Å²) in [5, 5.41) is 0.330. The molecular weight excluding hydrogens is 248 g/mol. The molecule has 0 amide bonds. The molecule has 4 nitrogen and oxygen atoms in total. The van der Waals surface area contributed by atoms with E-state index in [9.17, 15) is 8.42 Å². The van der Waals surface area contributed by atoms with Crippen molar-refractivity contribution in [3.05, 3.63) is 23.0 Å². The first kappa shape index (κ1) is 13.4. The number of aryl methyl sites for hydroxylation is 1. The maximum atomic E-state index is 12.2. The molecule has 90 valence electrons. The third-order valence-electron chi connectivity index (χ3n) is 2.33. The van der Waals surface area contributed by atoms with Crippen LogP contribution in [0.25, 0.3) is 0 Å². The van der Waals surface area contributed by atoms with Crippen molar-refractivity contribution >= 4 is 21.6 Å². The van der Waals surface area contributed by atoms with Gasteiger partial charge in [-0.3, -0.25) is 4.98 Å². The molecule has 0 atom stereocenters. The van der Waals surface area contributed by atoms with Crippen molar-refractivity contribution < 1.29 is 8.42 Å². The lowest BCUT2D eigenvalue weighted by Gasteiger charge is -2.19. The minimum Gasteiger partial charge on any atom is -0.259 e. The third kappa shape index (κ3) is 2.53. The molecule has 0 N–H and O–H groups in total. The van der Waals surface area contributed by atoms with Gasteiger partial charge in [-0.2, -0.15) is 4.31 Å². The molecule has 0 aliphatic rings. The van der Waals surface area contributed by atoms with Crippen LogP contribution in [-0.2, 0) is 10.0 Å². The first-order chi connectivity index (χ1) is 7.43. The molecule has 0 aliphatic heterocycles. The minimum atomic E-state index is -3.47. The fourth-order valence-electron chi connectivity index (χ4n) is 1.45. The predicted molar refractivity (Wildman–Crippen MR) is 64.1 cm³/mol. The van der Waals surface area contributed by atoms with Crippen LogP contribution in [-0.4, -0.2) is 30.8 Å². The van der Waals surface area contributed by atoms with E-state index in [0.29, 0.717) is 23.8 Å². The maximum absolute atomic E-state index is 12.2. The van der Waals surface area contributed by atoms with Crippen LogP contribution in [0.2, 0.25) is 5.02 Å². The van der Waals surface area contributed by atoms with Gasteiger partial charge in [-0.15, -0.1) is 0 Å². The molecule has 0 unspecified atom stereocenters. The summed E-state index contributed by atoms with van der Waals surface area (Å²) in [6.45, 7) is 6.13. The van der Waals surface area contributed by atoms with Gasteiger partial charge in [-0.25, -0.2) is 8.42 Å². The van der Waals surface area contributed by atoms with Crippen LogP contribution in [0.3, 0.4) is 0 Å². The SMILES string of the molecule is CCN(CC)S(=O)(=O)c1cc(Cl)cnc1C. The van der Waals surface area contributed by atoms with Crippen molar-refractivity contribution in [3.8, 4) is 0 Å². The molecule has 6 heteroatoms. The monoisotopic (exact) mass is 262 g/mol. The second-order valence-electron chi connectivity index (χ2n) is 3.33. The Morgan fingerprint density at radius 3 is 2.44 bits per heavy atom. The average molecular weight is 263 g/mol. The van der Waals surface area contributed by atoms with Gasteiger partial charge in [0.15, 0.2) is 0 Å². The highest BCUT2D eigenvalue weighted by Gasteiger charge is 2.24. The lowest BCUT2D eigenvalue weighted by atomic mass is 10.4. The molecule has 1 rings (SSSR count). The highest BCUT2D eigenvalue weighted by atomic mass is 35.5. The topological polar surface area (TPSA) is 50.3 Å². The second kappa shape index (κ2) is 5.12. The molecule has 0 saturated heterocycles. The molecule has 1 aromatic heterocycles. The van der Waals surface area contributed by atoms with E-state index in [1.807, 2.05) is 0 Å². The van der Waals surface area contributed by atoms with Gasteiger partial charge in [0.2, 0.25) is 10.0 Å². The summed E-state index contributed by atoms with van der Waals surface area (Å²) in [5.41, 5.74) is 0.469. The molecule has 1 aromatic rings. The zero-order valence-electron chi connectivity index (χ0n) is 9.57. The smallest absolute Gasteiger partial charge is 0.244 e. The Balaban J connectivity index is 3.31. The van der Waals surface area contributed by atoms with Crippen molar-refractivity contribution in [2.45, 2.75) is 25.7 Å². The van der Waals surface area contributed by atoms with Gasteiger partial charge in [-0.1, -0.05) is 25.4 Å². The zero-order chi connectivity index (χ0) is 12.3. The van der Waals surface area contributed by atoms with Gasteiger partial charge < -0.3 is 0 Å². The van der Waals surface area contributed by atoms with Gasteiger partial charge in [-0.05, 0) is 13.0 Å². The van der Waals surface area contributed by atoms with E-state index in [0.717, 1.165) is 0 Å². The number of aromatic nitrogens is 1. The molecule has 0 fully saturated rings. The van der Waals surface area contributed by atoms with Gasteiger partial charge in [0, 0.05) is 19.3 Å². The third-order valence-corrected chi connectivity index (χ3v) is 4.70. The van der Waals surface area contributed by atoms with E-state index >= 15 is 0 Å². The van der Waals surface area contributed by atoms with E-state index in [4.69, 9.17) is 11.6 Å². The van der Waals surface area contributed by atoms with Crippen LogP contribution in [0.15, 0.2) is 17.2 Å². The van der Waals surface area contributed by atoms with Crippen LogP contribution in [0.5, 0.6) is 0 Å². The molecule has 0 bridgehead atoms. The normalized spacial score (nSPS) is 12.1. The van der Waals surface area contributed by atoms with E-state index < -0.39 is 10.0 Å². The van der Waals surface area contributed by atoms with Crippen molar-refractivity contribution in [3.63, 3.8) is 0 Å². The molecule has 0 spiro atoms. The van der Waals surface area contributed by atoms with Crippen molar-refractivity contribution in [1.82, 2.24) is 9.29 Å². The molecule has 1 heterocycles. The first-order valence-electron chi connectivity index (χ1n) is 5.05. The number of hydrogen-bond acceptors (Lipinski definition) is 3. The summed E-state index contributed by atoms with van der Waals surface area (Å²) in [6, 6.07) is 1.44. The summed E-state index contributed by atoms with van der Waals surface area (Å²) >= 11 is 5.77. The summed E-state index contributed by atoms with van der Waals surface area (Å²) in [7, 11) is -3.47. The molecule has 0 radical (unpaired) electrons. The van der Waals surface area contributed by atoms with Crippen LogP contribution in [0, 0.1) is 6.92 Å². The largest absolute Gasteiger partial charge is 0.259 e. The Labute approximate surface area is 101 Å². The zero-order valence-corrected chi connectivity index (χ0v) is 11.1. The highest BCUT2D eigenvalue weighted by molar-refractivity contribution is 7.89. The van der Waals surface area contributed by atoms with E-state index in [1.165, 1.54) is 16.6 Å². The maximum Gasteiger partial charge on any atom is 0.244 e. The van der Waals surface area contributed by atoms with Crippen molar-refractivity contribution in [2.24, 2.45) is 0 Å². The van der Waals surface area contributed by atoms with E-state index in [1.54, 1.807) is 20.8 Å². The minimum absolute atomic E-state index is 0.184. The Morgan fingerprint density at radius 2 is 1.94 bits per heavy atom. The van der Waals surface area contributed by atoms with E-state index in [2.05, 4.69) is 4.98 Å². The average Bonchev–Trinajstić information content (AvgIpc) is 2.23. The van der Waals surface area contributed by atoms with Gasteiger partial charge in [0.25, 0.3) is 0 Å². The van der Waals surface area contributed by atoms with Crippen LogP contribution >= 0.6 is 11.6 Å². The lowest BCUT2D eigenvalue weighted by Crippen LogP contribution is -2.31. The van der Waals surface area contributed by atoms with Crippen LogP contribution in [0.4, 0.5) is 0 Å². The number of rotatable bonds is 4. The molecule has 16 heavy (non-hydrogen) atoms. The van der Waals surface area contributed by atoms with Crippen molar-refractivity contribution in [2.75, 3.05) is 13.1 Å². The first-order valence-corrected chi connectivity index (χ1v) is 6.87. The Morgan fingerprint density at radius 1 is 1.38 bits per heavy atom. The molecule has 0 aliphatic carbocycles. The number of hydrogen-bond donors (Lipinski definition) is 0. The quantitative estimate of drug-likeness (QED) is 0.835. The fourth-order valence-corrected chi connectivity index (χ4v) is 3.34. The van der Waals surface area contributed by atoms with Crippen LogP contribution < -0.4 is 0 Å². The highest BCUT2D eigenvalue weighted by Crippen LogP contribution is 2.21. The van der Waals surface area contributed by atoms with Gasteiger partial charge in [0.05, 0.1) is 10.7 Å². The summed E-state index contributed by atoms with van der Waals surface area (Å²) in [5.74, 6) is 0.